The lowest BCUT2D eigenvalue weighted by Gasteiger charge is -2.34. The highest BCUT2D eigenvalue weighted by molar-refractivity contribution is 5.95. The van der Waals surface area contributed by atoms with Gasteiger partial charge in [-0.05, 0) is 30.5 Å². The minimum atomic E-state index is -0.148. The Morgan fingerprint density at radius 3 is 2.04 bits per heavy atom. The monoisotopic (exact) mass is 341 g/mol. The Bertz CT molecular complexity index is 756. The van der Waals surface area contributed by atoms with Crippen LogP contribution in [0.15, 0.2) is 34.9 Å². The summed E-state index contributed by atoms with van der Waals surface area (Å²) >= 11 is 0. The zero-order valence-corrected chi connectivity index (χ0v) is 14.9. The smallest absolute Gasteiger partial charge is 0.276 e. The van der Waals surface area contributed by atoms with Crippen molar-refractivity contribution in [3.8, 4) is 0 Å². The van der Waals surface area contributed by atoms with Gasteiger partial charge in [-0.3, -0.25) is 9.59 Å². The van der Waals surface area contributed by atoms with Crippen molar-refractivity contribution in [1.29, 1.82) is 0 Å². The van der Waals surface area contributed by atoms with E-state index in [0.29, 0.717) is 49.1 Å². The predicted octanol–water partition coefficient (Wildman–Crippen LogP) is 2.70. The van der Waals surface area contributed by atoms with Gasteiger partial charge in [-0.1, -0.05) is 31.1 Å². The molecule has 3 rings (SSSR count). The lowest BCUT2D eigenvalue weighted by atomic mass is 10.0. The number of hydrogen-bond donors (Lipinski definition) is 0. The number of aromatic nitrogens is 1. The predicted molar refractivity (Wildman–Crippen MR) is 93.6 cm³/mol. The summed E-state index contributed by atoms with van der Waals surface area (Å²) in [6.07, 6.45) is 0. The van der Waals surface area contributed by atoms with Crippen LogP contribution in [0.4, 0.5) is 0 Å². The Labute approximate surface area is 147 Å². The Morgan fingerprint density at radius 1 is 1.00 bits per heavy atom. The van der Waals surface area contributed by atoms with Crippen LogP contribution in [-0.2, 0) is 0 Å². The number of amides is 2. The molecule has 2 amide bonds. The molecule has 0 atom stereocenters. The fourth-order valence-corrected chi connectivity index (χ4v) is 2.93. The maximum absolute atomic E-state index is 12.6. The summed E-state index contributed by atoms with van der Waals surface area (Å²) in [6, 6.07) is 9.41. The fourth-order valence-electron chi connectivity index (χ4n) is 2.93. The quantitative estimate of drug-likeness (QED) is 0.861. The summed E-state index contributed by atoms with van der Waals surface area (Å²) < 4.78 is 4.96. The maximum atomic E-state index is 12.6. The average Bonchev–Trinajstić information content (AvgIpc) is 3.07. The van der Waals surface area contributed by atoms with Crippen molar-refractivity contribution >= 4 is 11.8 Å². The Kier molecular flexibility index (Phi) is 4.88. The van der Waals surface area contributed by atoms with Gasteiger partial charge in [0.25, 0.3) is 11.8 Å². The molecule has 1 saturated heterocycles. The summed E-state index contributed by atoms with van der Waals surface area (Å²) in [7, 11) is 0. The molecule has 1 aromatic carbocycles. The Morgan fingerprint density at radius 2 is 1.56 bits per heavy atom. The zero-order valence-electron chi connectivity index (χ0n) is 14.9. The van der Waals surface area contributed by atoms with Gasteiger partial charge >= 0.3 is 0 Å². The van der Waals surface area contributed by atoms with E-state index in [0.717, 1.165) is 0 Å². The molecule has 2 heterocycles. The molecule has 0 spiro atoms. The highest BCUT2D eigenvalue weighted by atomic mass is 16.5. The normalized spacial score (nSPS) is 14.9. The Hall–Kier alpha value is -2.63. The number of rotatable bonds is 3. The Balaban J connectivity index is 1.59. The molecule has 6 heteroatoms. The molecule has 0 saturated carbocycles. The molecule has 1 aromatic heterocycles. The second-order valence-electron chi connectivity index (χ2n) is 6.68. The van der Waals surface area contributed by atoms with Gasteiger partial charge in [0.05, 0.1) is 0 Å². The standard InChI is InChI=1S/C19H23N3O3/c1-13(2)15-4-6-16(7-5-15)18(23)21-8-10-22(11-9-21)19(24)17-12-14(3)25-20-17/h4-7,12-13H,8-11H2,1-3H3. The van der Waals surface area contributed by atoms with E-state index in [1.165, 1.54) is 5.56 Å². The van der Waals surface area contributed by atoms with Crippen molar-refractivity contribution in [2.45, 2.75) is 26.7 Å². The molecule has 0 bridgehead atoms. The third-order valence-electron chi connectivity index (χ3n) is 4.53. The summed E-state index contributed by atoms with van der Waals surface area (Å²) in [5, 5.41) is 3.77. The number of piperazine rings is 1. The van der Waals surface area contributed by atoms with Crippen LogP contribution in [0.3, 0.4) is 0 Å². The van der Waals surface area contributed by atoms with Crippen molar-refractivity contribution in [3.05, 3.63) is 52.9 Å². The molecular weight excluding hydrogens is 318 g/mol. The van der Waals surface area contributed by atoms with E-state index in [1.54, 1.807) is 22.8 Å². The average molecular weight is 341 g/mol. The molecule has 1 aliphatic rings. The highest BCUT2D eigenvalue weighted by Gasteiger charge is 2.26. The third kappa shape index (κ3) is 3.73. The topological polar surface area (TPSA) is 66.7 Å². The van der Waals surface area contributed by atoms with E-state index >= 15 is 0 Å². The van der Waals surface area contributed by atoms with E-state index in [2.05, 4.69) is 19.0 Å². The van der Waals surface area contributed by atoms with Crippen LogP contribution < -0.4 is 0 Å². The number of carbonyl (C=O) groups excluding carboxylic acids is 2. The van der Waals surface area contributed by atoms with Crippen LogP contribution in [0.1, 0.15) is 51.9 Å². The van der Waals surface area contributed by atoms with Crippen molar-refractivity contribution in [3.63, 3.8) is 0 Å². The molecule has 1 fully saturated rings. The fraction of sp³-hybridized carbons (Fsp3) is 0.421. The highest BCUT2D eigenvalue weighted by Crippen LogP contribution is 2.17. The lowest BCUT2D eigenvalue weighted by Crippen LogP contribution is -2.50. The van der Waals surface area contributed by atoms with Gasteiger partial charge in [0.2, 0.25) is 0 Å². The summed E-state index contributed by atoms with van der Waals surface area (Å²) in [6.45, 7) is 8.06. The maximum Gasteiger partial charge on any atom is 0.276 e. The first-order chi connectivity index (χ1) is 12.0. The number of carbonyl (C=O) groups is 2. The molecule has 0 radical (unpaired) electrons. The van der Waals surface area contributed by atoms with E-state index < -0.39 is 0 Å². The van der Waals surface area contributed by atoms with Crippen LogP contribution in [0, 0.1) is 6.92 Å². The molecule has 0 N–H and O–H groups in total. The second-order valence-corrected chi connectivity index (χ2v) is 6.68. The van der Waals surface area contributed by atoms with Gasteiger partial charge in [0, 0.05) is 37.8 Å². The number of nitrogens with zero attached hydrogens (tertiary/aromatic N) is 3. The summed E-state index contributed by atoms with van der Waals surface area (Å²) in [4.78, 5) is 28.5. The van der Waals surface area contributed by atoms with E-state index in [1.807, 2.05) is 24.3 Å². The van der Waals surface area contributed by atoms with E-state index in [4.69, 9.17) is 4.52 Å². The number of benzene rings is 1. The minimum Gasteiger partial charge on any atom is -0.361 e. The van der Waals surface area contributed by atoms with Crippen LogP contribution in [0.5, 0.6) is 0 Å². The molecule has 0 unspecified atom stereocenters. The van der Waals surface area contributed by atoms with E-state index in [-0.39, 0.29) is 11.8 Å². The third-order valence-corrected chi connectivity index (χ3v) is 4.53. The minimum absolute atomic E-state index is 0.0136. The molecule has 6 nitrogen and oxygen atoms in total. The van der Waals surface area contributed by atoms with Gasteiger partial charge in [-0.15, -0.1) is 0 Å². The second kappa shape index (κ2) is 7.09. The lowest BCUT2D eigenvalue weighted by molar-refractivity contribution is 0.0530. The van der Waals surface area contributed by atoms with Gasteiger partial charge in [0.1, 0.15) is 5.76 Å². The van der Waals surface area contributed by atoms with Gasteiger partial charge in [-0.2, -0.15) is 0 Å². The first-order valence-corrected chi connectivity index (χ1v) is 8.57. The zero-order chi connectivity index (χ0) is 18.0. The van der Waals surface area contributed by atoms with Crippen LogP contribution >= 0.6 is 0 Å². The first kappa shape index (κ1) is 17.2. The molecular formula is C19H23N3O3. The molecule has 25 heavy (non-hydrogen) atoms. The molecule has 0 aliphatic carbocycles. The molecule has 2 aromatic rings. The SMILES string of the molecule is Cc1cc(C(=O)N2CCN(C(=O)c3ccc(C(C)C)cc3)CC2)no1. The van der Waals surface area contributed by atoms with Gasteiger partial charge in [-0.25, -0.2) is 0 Å². The first-order valence-electron chi connectivity index (χ1n) is 8.57. The van der Waals surface area contributed by atoms with Crippen molar-refractivity contribution in [2.75, 3.05) is 26.2 Å². The van der Waals surface area contributed by atoms with Crippen LogP contribution in [-0.4, -0.2) is 52.9 Å². The van der Waals surface area contributed by atoms with Crippen molar-refractivity contribution < 1.29 is 14.1 Å². The van der Waals surface area contributed by atoms with E-state index in [9.17, 15) is 9.59 Å². The number of hydrogen-bond acceptors (Lipinski definition) is 4. The number of aryl methyl sites for hydroxylation is 1. The van der Waals surface area contributed by atoms with Gasteiger partial charge in [0.15, 0.2) is 5.69 Å². The summed E-state index contributed by atoms with van der Waals surface area (Å²) in [5.74, 6) is 0.922. The molecule has 1 aliphatic heterocycles. The van der Waals surface area contributed by atoms with Gasteiger partial charge < -0.3 is 14.3 Å². The van der Waals surface area contributed by atoms with Crippen molar-refractivity contribution in [1.82, 2.24) is 15.0 Å². The van der Waals surface area contributed by atoms with Crippen LogP contribution in [0.2, 0.25) is 0 Å². The summed E-state index contributed by atoms with van der Waals surface area (Å²) in [5.41, 5.74) is 2.23. The van der Waals surface area contributed by atoms with Crippen molar-refractivity contribution in [2.24, 2.45) is 0 Å². The largest absolute Gasteiger partial charge is 0.361 e. The molecule has 132 valence electrons. The van der Waals surface area contributed by atoms with Crippen LogP contribution in [0.25, 0.3) is 0 Å².